The number of nitrogens with zero attached hydrogens (tertiary/aromatic N) is 2. The molecule has 1 heterocycles. The van der Waals surface area contributed by atoms with Crippen molar-refractivity contribution in [3.05, 3.63) is 11.6 Å². The summed E-state index contributed by atoms with van der Waals surface area (Å²) in [6.07, 6.45) is 8.60. The molecular formula is C29H40N2O7. The maximum Gasteiger partial charge on any atom is 0.356 e. The van der Waals surface area contributed by atoms with Crippen LogP contribution in [0.2, 0.25) is 0 Å². The Hall–Kier alpha value is -2.71. The summed E-state index contributed by atoms with van der Waals surface area (Å²) in [5.41, 5.74) is 0.983. The molecule has 0 aromatic carbocycles. The van der Waals surface area contributed by atoms with Crippen LogP contribution in [0, 0.1) is 34.5 Å². The van der Waals surface area contributed by atoms with Gasteiger partial charge >= 0.3 is 17.9 Å². The van der Waals surface area contributed by atoms with Gasteiger partial charge in [-0.1, -0.05) is 35.8 Å². The van der Waals surface area contributed by atoms with Gasteiger partial charge in [0, 0.05) is 25.7 Å². The third-order valence-corrected chi connectivity index (χ3v) is 10.6. The zero-order valence-electron chi connectivity index (χ0n) is 23.4. The van der Waals surface area contributed by atoms with Gasteiger partial charge in [-0.2, -0.15) is 0 Å². The first kappa shape index (κ1) is 26.9. The predicted octanol–water partition coefficient (Wildman–Crippen LogP) is 4.73. The van der Waals surface area contributed by atoms with Gasteiger partial charge in [0.2, 0.25) is 0 Å². The van der Waals surface area contributed by atoms with Crippen LogP contribution in [-0.2, 0) is 33.5 Å². The number of esters is 2. The minimum Gasteiger partial charge on any atom is -0.462 e. The second kappa shape index (κ2) is 9.49. The summed E-state index contributed by atoms with van der Waals surface area (Å²) in [7, 11) is 0. The Balaban J connectivity index is 1.50. The normalized spacial score (nSPS) is 41.3. The fraction of sp³-hybridized carbons (Fsp3) is 0.759. The third kappa shape index (κ3) is 3.82. The van der Waals surface area contributed by atoms with Crippen LogP contribution in [0.25, 0.3) is 0 Å². The van der Waals surface area contributed by atoms with Gasteiger partial charge in [0.05, 0.1) is 12.5 Å². The molecule has 208 valence electrons. The lowest BCUT2D eigenvalue weighted by molar-refractivity contribution is -0.149. The highest BCUT2D eigenvalue weighted by Crippen LogP contribution is 2.70. The fourth-order valence-electron chi connectivity index (χ4n) is 8.97. The van der Waals surface area contributed by atoms with Crippen molar-refractivity contribution in [3.63, 3.8) is 0 Å². The van der Waals surface area contributed by atoms with E-state index in [9.17, 15) is 14.4 Å². The van der Waals surface area contributed by atoms with Crippen LogP contribution in [0.1, 0.15) is 86.5 Å². The minimum absolute atomic E-state index is 0.0387. The van der Waals surface area contributed by atoms with Crippen molar-refractivity contribution in [2.75, 3.05) is 6.61 Å². The molecule has 0 radical (unpaired) electrons. The molecule has 1 aliphatic heterocycles. The Kier molecular flexibility index (Phi) is 6.71. The van der Waals surface area contributed by atoms with Crippen LogP contribution < -0.4 is 0 Å². The molecule has 4 aliphatic carbocycles. The number of rotatable bonds is 5. The summed E-state index contributed by atoms with van der Waals surface area (Å²) in [6.45, 7) is 11.3. The molecule has 0 N–H and O–H groups in total. The van der Waals surface area contributed by atoms with E-state index in [0.29, 0.717) is 23.3 Å². The molecule has 5 aliphatic rings. The van der Waals surface area contributed by atoms with Gasteiger partial charge < -0.3 is 19.1 Å². The monoisotopic (exact) mass is 528 g/mol. The van der Waals surface area contributed by atoms with Crippen LogP contribution >= 0.6 is 0 Å². The molecule has 9 heteroatoms. The van der Waals surface area contributed by atoms with E-state index in [2.05, 4.69) is 30.2 Å². The highest BCUT2D eigenvalue weighted by Gasteiger charge is 2.74. The molecule has 38 heavy (non-hydrogen) atoms. The molecule has 8 atom stereocenters. The first-order valence-electron chi connectivity index (χ1n) is 14.0. The van der Waals surface area contributed by atoms with Crippen molar-refractivity contribution in [1.82, 2.24) is 0 Å². The lowest BCUT2D eigenvalue weighted by Crippen LogP contribution is -2.59. The average Bonchev–Trinajstić information content (AvgIpc) is 3.36. The standard InChI is InChI=1S/C29H40N2O7/c1-7-35-26(34)25-24-15-23-21-9-8-19-14-20(36-17(3)32)10-12-27(19,5)22(21)11-13-28(23,6)29(24,38-31-25)16(2)30-37-18(4)33/h8,20-24H,7,9-15H2,1-6H3/t20-,21-,22+,23+,24-,27-,28+,29-/m0/s1. The maximum atomic E-state index is 13.0. The van der Waals surface area contributed by atoms with Crippen LogP contribution in [0.15, 0.2) is 22.0 Å². The largest absolute Gasteiger partial charge is 0.462 e. The van der Waals surface area contributed by atoms with E-state index in [1.807, 2.05) is 6.92 Å². The number of allylic oxidation sites excluding steroid dienone is 1. The van der Waals surface area contributed by atoms with Crippen molar-refractivity contribution >= 4 is 29.3 Å². The highest BCUT2D eigenvalue weighted by molar-refractivity contribution is 6.38. The Morgan fingerprint density at radius 1 is 1.11 bits per heavy atom. The van der Waals surface area contributed by atoms with Crippen LogP contribution in [0.5, 0.6) is 0 Å². The molecule has 3 saturated carbocycles. The quantitative estimate of drug-likeness (QED) is 0.167. The van der Waals surface area contributed by atoms with Crippen molar-refractivity contribution in [2.45, 2.75) is 98.2 Å². The maximum absolute atomic E-state index is 13.0. The van der Waals surface area contributed by atoms with Gasteiger partial charge in [0.1, 0.15) is 11.8 Å². The van der Waals surface area contributed by atoms with E-state index in [4.69, 9.17) is 19.1 Å². The number of ether oxygens (including phenoxy) is 2. The van der Waals surface area contributed by atoms with Crippen molar-refractivity contribution in [2.24, 2.45) is 44.8 Å². The Morgan fingerprint density at radius 2 is 1.87 bits per heavy atom. The molecule has 9 nitrogen and oxygen atoms in total. The summed E-state index contributed by atoms with van der Waals surface area (Å²) in [6, 6.07) is 0. The Bertz CT molecular complexity index is 1130. The van der Waals surface area contributed by atoms with Gasteiger partial charge in [-0.3, -0.25) is 4.79 Å². The van der Waals surface area contributed by atoms with E-state index in [0.717, 1.165) is 44.9 Å². The number of hydrogen-bond donors (Lipinski definition) is 0. The molecule has 0 unspecified atom stereocenters. The molecule has 0 amide bonds. The second-order valence-corrected chi connectivity index (χ2v) is 12.3. The van der Waals surface area contributed by atoms with Crippen LogP contribution in [0.4, 0.5) is 0 Å². The molecular weight excluding hydrogens is 488 g/mol. The van der Waals surface area contributed by atoms with Crippen LogP contribution in [0.3, 0.4) is 0 Å². The molecule has 0 spiro atoms. The fourth-order valence-corrected chi connectivity index (χ4v) is 8.97. The van der Waals surface area contributed by atoms with Crippen LogP contribution in [-0.4, -0.2) is 47.6 Å². The topological polar surface area (TPSA) is 113 Å². The number of fused-ring (bicyclic) bond motifs is 7. The van der Waals surface area contributed by atoms with E-state index in [1.54, 1.807) is 6.92 Å². The van der Waals surface area contributed by atoms with E-state index < -0.39 is 17.5 Å². The first-order chi connectivity index (χ1) is 18.0. The Labute approximate surface area is 224 Å². The SMILES string of the molecule is CCOC(=O)C1=NO[C@@]2(C(C)=NOC(C)=O)[C@H]1C[C@@H]1[C@H]3CC=C4C[C@@H](OC(C)=O)CC[C@]4(C)[C@@H]3CC[C@]12C. The molecule has 0 aromatic rings. The minimum atomic E-state index is -0.974. The molecule has 5 rings (SSSR count). The lowest BCUT2D eigenvalue weighted by Gasteiger charge is -2.58. The molecule has 0 bridgehead atoms. The number of carbonyl (C=O) groups is 3. The molecule has 0 aromatic heterocycles. The summed E-state index contributed by atoms with van der Waals surface area (Å²) < 4.78 is 10.9. The molecule has 3 fully saturated rings. The number of oxime groups is 2. The van der Waals surface area contributed by atoms with Crippen molar-refractivity contribution < 1.29 is 33.5 Å². The lowest BCUT2D eigenvalue weighted by atomic mass is 9.46. The van der Waals surface area contributed by atoms with Gasteiger partial charge in [0.15, 0.2) is 11.3 Å². The average molecular weight is 529 g/mol. The summed E-state index contributed by atoms with van der Waals surface area (Å²) in [5.74, 6) is -0.351. The zero-order valence-corrected chi connectivity index (χ0v) is 23.4. The highest BCUT2D eigenvalue weighted by atomic mass is 16.7. The third-order valence-electron chi connectivity index (χ3n) is 10.6. The summed E-state index contributed by atoms with van der Waals surface area (Å²) >= 11 is 0. The summed E-state index contributed by atoms with van der Waals surface area (Å²) in [4.78, 5) is 47.5. The first-order valence-corrected chi connectivity index (χ1v) is 14.0. The smallest absolute Gasteiger partial charge is 0.356 e. The number of carbonyl (C=O) groups excluding carboxylic acids is 3. The van der Waals surface area contributed by atoms with Crippen molar-refractivity contribution in [3.8, 4) is 0 Å². The number of hydrogen-bond acceptors (Lipinski definition) is 9. The van der Waals surface area contributed by atoms with Gasteiger partial charge in [-0.25, -0.2) is 9.59 Å². The van der Waals surface area contributed by atoms with Gasteiger partial charge in [-0.05, 0) is 75.5 Å². The van der Waals surface area contributed by atoms with Crippen molar-refractivity contribution in [1.29, 1.82) is 0 Å². The van der Waals surface area contributed by atoms with Gasteiger partial charge in [-0.15, -0.1) is 0 Å². The Morgan fingerprint density at radius 3 is 2.55 bits per heavy atom. The predicted molar refractivity (Wildman–Crippen MR) is 139 cm³/mol. The summed E-state index contributed by atoms with van der Waals surface area (Å²) in [5, 5.41) is 8.47. The molecule has 0 saturated heterocycles. The second-order valence-electron chi connectivity index (χ2n) is 12.3. The zero-order chi connectivity index (χ0) is 27.5. The van der Waals surface area contributed by atoms with Gasteiger partial charge in [0.25, 0.3) is 0 Å². The van der Waals surface area contributed by atoms with E-state index in [-0.39, 0.29) is 41.3 Å². The van der Waals surface area contributed by atoms with E-state index >= 15 is 0 Å². The van der Waals surface area contributed by atoms with E-state index in [1.165, 1.54) is 19.4 Å².